The van der Waals surface area contributed by atoms with Crippen LogP contribution in [-0.2, 0) is 9.53 Å². The van der Waals surface area contributed by atoms with Crippen molar-refractivity contribution < 1.29 is 9.53 Å². The second kappa shape index (κ2) is 13.7. The molecule has 0 aromatic rings. The third-order valence-corrected chi connectivity index (χ3v) is 3.96. The fourth-order valence-electron chi connectivity index (χ4n) is 2.64. The first-order valence-corrected chi connectivity index (χ1v) is 8.89. The Morgan fingerprint density at radius 2 is 2.00 bits per heavy atom. The zero-order chi connectivity index (χ0) is 17.1. The van der Waals surface area contributed by atoms with Crippen LogP contribution in [0.4, 0.5) is 0 Å². The molecular weight excluding hydrogens is 419 g/mol. The topological polar surface area (TPSA) is 66.0 Å². The Labute approximate surface area is 164 Å². The normalized spacial score (nSPS) is 15.8. The molecule has 142 valence electrons. The summed E-state index contributed by atoms with van der Waals surface area (Å²) in [6, 6.07) is 0.182. The molecule has 0 radical (unpaired) electrons. The molecule has 24 heavy (non-hydrogen) atoms. The van der Waals surface area contributed by atoms with Gasteiger partial charge in [-0.15, -0.1) is 24.0 Å². The van der Waals surface area contributed by atoms with Crippen LogP contribution in [-0.4, -0.2) is 62.7 Å². The lowest BCUT2D eigenvalue weighted by atomic mass is 9.96. The van der Waals surface area contributed by atoms with Crippen LogP contribution in [0, 0.1) is 5.92 Å². The van der Waals surface area contributed by atoms with Crippen LogP contribution in [0.25, 0.3) is 0 Å². The third-order valence-electron chi connectivity index (χ3n) is 3.96. The van der Waals surface area contributed by atoms with E-state index in [0.29, 0.717) is 13.0 Å². The highest BCUT2D eigenvalue weighted by atomic mass is 127. The highest BCUT2D eigenvalue weighted by Crippen LogP contribution is 2.18. The van der Waals surface area contributed by atoms with E-state index in [2.05, 4.69) is 34.5 Å². The van der Waals surface area contributed by atoms with E-state index in [4.69, 9.17) is 4.74 Å². The minimum Gasteiger partial charge on any atom is -0.381 e. The van der Waals surface area contributed by atoms with E-state index in [-0.39, 0.29) is 35.9 Å². The molecule has 0 saturated carbocycles. The standard InChI is InChI=1S/C17H34N4O2.HI/c1-5-18-17(19-10-6-16(22)20-14(2)3)21(4)11-7-15-8-12-23-13-9-15;/h14-15H,5-13H2,1-4H3,(H,18,19)(H,20,22);1H. The van der Waals surface area contributed by atoms with Gasteiger partial charge in [-0.2, -0.15) is 0 Å². The van der Waals surface area contributed by atoms with Crippen molar-refractivity contribution in [3.63, 3.8) is 0 Å². The van der Waals surface area contributed by atoms with Crippen molar-refractivity contribution >= 4 is 35.8 Å². The Balaban J connectivity index is 0.00000529. The van der Waals surface area contributed by atoms with Crippen molar-refractivity contribution in [1.82, 2.24) is 15.5 Å². The molecular formula is C17H35IN4O2. The summed E-state index contributed by atoms with van der Waals surface area (Å²) >= 11 is 0. The Bertz CT molecular complexity index is 372. The fraction of sp³-hybridized carbons (Fsp3) is 0.882. The quantitative estimate of drug-likeness (QED) is 0.336. The summed E-state index contributed by atoms with van der Waals surface area (Å²) in [7, 11) is 2.06. The predicted molar refractivity (Wildman–Crippen MR) is 110 cm³/mol. The number of nitrogens with one attached hydrogen (secondary N) is 2. The zero-order valence-corrected chi connectivity index (χ0v) is 18.0. The van der Waals surface area contributed by atoms with Crippen LogP contribution < -0.4 is 10.6 Å². The van der Waals surface area contributed by atoms with Crippen LogP contribution in [0.1, 0.15) is 46.5 Å². The third kappa shape index (κ3) is 10.3. The van der Waals surface area contributed by atoms with Gasteiger partial charge in [-0.05, 0) is 46.0 Å². The van der Waals surface area contributed by atoms with Gasteiger partial charge in [0.15, 0.2) is 5.96 Å². The van der Waals surface area contributed by atoms with Crippen LogP contribution >= 0.6 is 24.0 Å². The van der Waals surface area contributed by atoms with Crippen LogP contribution in [0.5, 0.6) is 0 Å². The van der Waals surface area contributed by atoms with Crippen molar-refractivity contribution in [2.75, 3.05) is 39.9 Å². The summed E-state index contributed by atoms with van der Waals surface area (Å²) in [6.45, 7) is 10.1. The van der Waals surface area contributed by atoms with E-state index in [1.165, 1.54) is 0 Å². The van der Waals surface area contributed by atoms with Crippen molar-refractivity contribution in [3.8, 4) is 0 Å². The van der Waals surface area contributed by atoms with Crippen molar-refractivity contribution in [1.29, 1.82) is 0 Å². The molecule has 2 N–H and O–H groups in total. The Morgan fingerprint density at radius 1 is 1.33 bits per heavy atom. The molecule has 1 heterocycles. The van der Waals surface area contributed by atoms with Gasteiger partial charge in [0.25, 0.3) is 0 Å². The van der Waals surface area contributed by atoms with E-state index >= 15 is 0 Å². The van der Waals surface area contributed by atoms with Gasteiger partial charge >= 0.3 is 0 Å². The number of carbonyl (C=O) groups excluding carboxylic acids is 1. The zero-order valence-electron chi connectivity index (χ0n) is 15.6. The summed E-state index contributed by atoms with van der Waals surface area (Å²) in [5.74, 6) is 1.70. The molecule has 0 bridgehead atoms. The van der Waals surface area contributed by atoms with Gasteiger partial charge in [0, 0.05) is 45.8 Å². The summed E-state index contributed by atoms with van der Waals surface area (Å²) in [5.41, 5.74) is 0. The first-order chi connectivity index (χ1) is 11.0. The number of hydrogen-bond donors (Lipinski definition) is 2. The van der Waals surface area contributed by atoms with Gasteiger partial charge in [-0.25, -0.2) is 0 Å². The molecule has 0 spiro atoms. The molecule has 6 nitrogen and oxygen atoms in total. The van der Waals surface area contributed by atoms with Crippen molar-refractivity contribution in [2.24, 2.45) is 10.9 Å². The lowest BCUT2D eigenvalue weighted by Gasteiger charge is -2.26. The van der Waals surface area contributed by atoms with E-state index in [0.717, 1.165) is 57.4 Å². The average molecular weight is 454 g/mol. The molecule has 0 aromatic carbocycles. The van der Waals surface area contributed by atoms with Gasteiger partial charge < -0.3 is 20.3 Å². The fourth-order valence-corrected chi connectivity index (χ4v) is 2.64. The minimum absolute atomic E-state index is 0. The van der Waals surface area contributed by atoms with Gasteiger partial charge in [0.05, 0.1) is 6.54 Å². The van der Waals surface area contributed by atoms with E-state index in [1.54, 1.807) is 0 Å². The molecule has 7 heteroatoms. The van der Waals surface area contributed by atoms with Crippen molar-refractivity contribution in [2.45, 2.75) is 52.5 Å². The maximum atomic E-state index is 11.7. The molecule has 0 aromatic heterocycles. The van der Waals surface area contributed by atoms with E-state index in [1.807, 2.05) is 13.8 Å². The number of carbonyl (C=O) groups is 1. The molecule has 1 saturated heterocycles. The molecule has 0 aliphatic carbocycles. The number of rotatable bonds is 8. The highest BCUT2D eigenvalue weighted by Gasteiger charge is 2.15. The summed E-state index contributed by atoms with van der Waals surface area (Å²) < 4.78 is 5.41. The van der Waals surface area contributed by atoms with Crippen LogP contribution in [0.15, 0.2) is 4.99 Å². The molecule has 1 rings (SSSR count). The maximum absolute atomic E-state index is 11.7. The van der Waals surface area contributed by atoms with Gasteiger partial charge in [0.2, 0.25) is 5.91 Å². The number of nitrogens with zero attached hydrogens (tertiary/aromatic N) is 2. The van der Waals surface area contributed by atoms with Gasteiger partial charge in [-0.3, -0.25) is 9.79 Å². The van der Waals surface area contributed by atoms with Gasteiger partial charge in [0.1, 0.15) is 0 Å². The molecule has 1 amide bonds. The first-order valence-electron chi connectivity index (χ1n) is 8.89. The molecule has 0 atom stereocenters. The number of hydrogen-bond acceptors (Lipinski definition) is 3. The summed E-state index contributed by atoms with van der Waals surface area (Å²) in [4.78, 5) is 18.4. The number of guanidine groups is 1. The Morgan fingerprint density at radius 3 is 2.58 bits per heavy atom. The number of amides is 1. The highest BCUT2D eigenvalue weighted by molar-refractivity contribution is 14.0. The predicted octanol–water partition coefficient (Wildman–Crippen LogP) is 2.23. The van der Waals surface area contributed by atoms with Gasteiger partial charge in [-0.1, -0.05) is 0 Å². The van der Waals surface area contributed by atoms with E-state index in [9.17, 15) is 4.79 Å². The summed E-state index contributed by atoms with van der Waals surface area (Å²) in [5, 5.41) is 6.20. The second-order valence-electron chi connectivity index (χ2n) is 6.47. The number of halogens is 1. The smallest absolute Gasteiger partial charge is 0.222 e. The monoisotopic (exact) mass is 454 g/mol. The van der Waals surface area contributed by atoms with E-state index < -0.39 is 0 Å². The minimum atomic E-state index is 0. The molecule has 1 aliphatic rings. The molecule has 1 aliphatic heterocycles. The second-order valence-corrected chi connectivity index (χ2v) is 6.47. The van der Waals surface area contributed by atoms with Crippen LogP contribution in [0.2, 0.25) is 0 Å². The van der Waals surface area contributed by atoms with Crippen molar-refractivity contribution in [3.05, 3.63) is 0 Å². The SMILES string of the molecule is CCNC(=NCCC(=O)NC(C)C)N(C)CCC1CCOCC1.I. The number of ether oxygens (including phenoxy) is 1. The lowest BCUT2D eigenvalue weighted by Crippen LogP contribution is -2.40. The number of aliphatic imine (C=N–C) groups is 1. The molecule has 1 fully saturated rings. The summed E-state index contributed by atoms with van der Waals surface area (Å²) in [6.07, 6.45) is 3.92. The lowest BCUT2D eigenvalue weighted by molar-refractivity contribution is -0.121. The first kappa shape index (κ1) is 23.4. The largest absolute Gasteiger partial charge is 0.381 e. The maximum Gasteiger partial charge on any atom is 0.222 e. The molecule has 0 unspecified atom stereocenters. The van der Waals surface area contributed by atoms with Crippen LogP contribution in [0.3, 0.4) is 0 Å². The Kier molecular flexibility index (Phi) is 13.4. The average Bonchev–Trinajstić information content (AvgIpc) is 2.52. The Hall–Kier alpha value is -0.570.